The third-order valence-electron chi connectivity index (χ3n) is 5.40. The Labute approximate surface area is 178 Å². The molecule has 0 spiro atoms. The van der Waals surface area contributed by atoms with Crippen LogP contribution in [0.15, 0.2) is 24.3 Å². The van der Waals surface area contributed by atoms with E-state index >= 15 is 0 Å². The second-order valence-corrected chi connectivity index (χ2v) is 9.98. The lowest BCUT2D eigenvalue weighted by molar-refractivity contribution is 0.340. The number of sulfone groups is 1. The third-order valence-corrected chi connectivity index (χ3v) is 7.13. The summed E-state index contributed by atoms with van der Waals surface area (Å²) in [5, 5.41) is 8.59. The van der Waals surface area contributed by atoms with Gasteiger partial charge in [-0.3, -0.25) is 0 Å². The number of halogens is 3. The van der Waals surface area contributed by atoms with Crippen molar-refractivity contribution in [3.05, 3.63) is 52.2 Å². The molecule has 1 aromatic heterocycles. The van der Waals surface area contributed by atoms with Crippen LogP contribution in [0, 0.1) is 17.6 Å². The SMILES string of the molecule is O=S1(=O)Cc2nc(-c3cc(F)c(Cl)cc3F)nc(N3CCC(C=CCO)CC3)c2C1. The van der Waals surface area contributed by atoms with Crippen LogP contribution in [0.1, 0.15) is 24.1 Å². The van der Waals surface area contributed by atoms with Crippen molar-refractivity contribution in [2.75, 3.05) is 24.6 Å². The molecular weight excluding hydrogens is 436 g/mol. The third kappa shape index (κ3) is 4.19. The lowest BCUT2D eigenvalue weighted by Crippen LogP contribution is -2.34. The van der Waals surface area contributed by atoms with Crippen molar-refractivity contribution in [3.63, 3.8) is 0 Å². The lowest BCUT2D eigenvalue weighted by Gasteiger charge is -2.32. The number of anilines is 1. The maximum absolute atomic E-state index is 14.5. The second kappa shape index (κ2) is 8.20. The van der Waals surface area contributed by atoms with Crippen LogP contribution in [0.2, 0.25) is 5.02 Å². The fourth-order valence-corrected chi connectivity index (χ4v) is 5.54. The van der Waals surface area contributed by atoms with Gasteiger partial charge in [0.1, 0.15) is 17.5 Å². The van der Waals surface area contributed by atoms with Gasteiger partial charge in [-0.25, -0.2) is 27.2 Å². The number of fused-ring (bicyclic) bond motifs is 1. The summed E-state index contributed by atoms with van der Waals surface area (Å²) in [5.41, 5.74) is 0.691. The van der Waals surface area contributed by atoms with Crippen molar-refractivity contribution in [1.29, 1.82) is 0 Å². The van der Waals surface area contributed by atoms with E-state index in [0.29, 0.717) is 36.1 Å². The van der Waals surface area contributed by atoms with Gasteiger partial charge in [0.05, 0.1) is 34.4 Å². The molecule has 2 aliphatic heterocycles. The van der Waals surface area contributed by atoms with Crippen molar-refractivity contribution < 1.29 is 22.3 Å². The molecular formula is C20H20ClF2N3O3S. The van der Waals surface area contributed by atoms with Crippen molar-refractivity contribution in [1.82, 2.24) is 9.97 Å². The van der Waals surface area contributed by atoms with Gasteiger partial charge in [0.15, 0.2) is 15.7 Å². The van der Waals surface area contributed by atoms with Gasteiger partial charge in [-0.2, -0.15) is 0 Å². The summed E-state index contributed by atoms with van der Waals surface area (Å²) in [4.78, 5) is 10.7. The highest BCUT2D eigenvalue weighted by Gasteiger charge is 2.33. The molecule has 0 aliphatic carbocycles. The minimum absolute atomic E-state index is 0.00985. The first-order valence-corrected chi connectivity index (χ1v) is 11.7. The summed E-state index contributed by atoms with van der Waals surface area (Å²) in [6.07, 6.45) is 5.30. The van der Waals surface area contributed by atoms with Gasteiger partial charge < -0.3 is 10.0 Å². The van der Waals surface area contributed by atoms with Crippen LogP contribution in [-0.4, -0.2) is 43.2 Å². The molecule has 0 atom stereocenters. The summed E-state index contributed by atoms with van der Waals surface area (Å²) in [5.74, 6) is -1.29. The first-order valence-electron chi connectivity index (χ1n) is 9.55. The van der Waals surface area contributed by atoms with Gasteiger partial charge in [-0.05, 0) is 30.9 Å². The molecule has 0 amide bonds. The molecule has 1 fully saturated rings. The Bertz CT molecular complexity index is 1120. The Morgan fingerprint density at radius 3 is 2.60 bits per heavy atom. The van der Waals surface area contributed by atoms with E-state index in [1.165, 1.54) is 0 Å². The zero-order valence-corrected chi connectivity index (χ0v) is 17.6. The van der Waals surface area contributed by atoms with Crippen molar-refractivity contribution >= 4 is 27.3 Å². The van der Waals surface area contributed by atoms with E-state index < -0.39 is 21.5 Å². The lowest BCUT2D eigenvalue weighted by atomic mass is 9.96. The van der Waals surface area contributed by atoms with Crippen molar-refractivity contribution in [2.24, 2.45) is 5.92 Å². The molecule has 0 radical (unpaired) electrons. The number of rotatable bonds is 4. The van der Waals surface area contributed by atoms with Crippen molar-refractivity contribution in [3.8, 4) is 11.4 Å². The Morgan fingerprint density at radius 1 is 1.17 bits per heavy atom. The highest BCUT2D eigenvalue weighted by molar-refractivity contribution is 7.90. The standard InChI is InChI=1S/C20H20ClF2N3O3S/c21-15-9-16(22)13(8-17(15)23)19-24-18-11-30(28,29)10-14(18)20(25-19)26-5-3-12(4-6-26)2-1-7-27/h1-2,8-9,12,27H,3-7,10-11H2. The number of nitrogens with zero attached hydrogens (tertiary/aromatic N) is 3. The predicted molar refractivity (Wildman–Crippen MR) is 110 cm³/mol. The summed E-state index contributed by atoms with van der Waals surface area (Å²) < 4.78 is 52.9. The first-order chi connectivity index (χ1) is 14.3. The molecule has 4 rings (SSSR count). The van der Waals surface area contributed by atoms with Crippen LogP contribution in [0.5, 0.6) is 0 Å². The molecule has 2 aromatic rings. The quantitative estimate of drug-likeness (QED) is 0.562. The van der Waals surface area contributed by atoms with Gasteiger partial charge in [-0.15, -0.1) is 0 Å². The average Bonchev–Trinajstić information content (AvgIpc) is 3.02. The minimum atomic E-state index is -3.37. The monoisotopic (exact) mass is 455 g/mol. The zero-order chi connectivity index (χ0) is 21.5. The Kier molecular flexibility index (Phi) is 5.78. The number of aliphatic hydroxyl groups is 1. The van der Waals surface area contributed by atoms with Crippen LogP contribution in [0.4, 0.5) is 14.6 Å². The molecule has 1 saturated heterocycles. The smallest absolute Gasteiger partial charge is 0.164 e. The van der Waals surface area contributed by atoms with Crippen LogP contribution in [-0.2, 0) is 21.3 Å². The van der Waals surface area contributed by atoms with Crippen LogP contribution < -0.4 is 4.90 Å². The summed E-state index contributed by atoms with van der Waals surface area (Å²) >= 11 is 5.64. The molecule has 160 valence electrons. The molecule has 1 N–H and O–H groups in total. The number of piperidine rings is 1. The topological polar surface area (TPSA) is 83.4 Å². The van der Waals surface area contributed by atoms with Gasteiger partial charge in [0.2, 0.25) is 0 Å². The normalized spacial score (nSPS) is 18.9. The second-order valence-electron chi connectivity index (χ2n) is 7.51. The Morgan fingerprint density at radius 2 is 1.90 bits per heavy atom. The van der Waals surface area contributed by atoms with Gasteiger partial charge in [-0.1, -0.05) is 23.8 Å². The number of benzene rings is 1. The summed E-state index contributed by atoms with van der Waals surface area (Å²) in [6.45, 7) is 1.24. The van der Waals surface area contributed by atoms with E-state index in [2.05, 4.69) is 9.97 Å². The van der Waals surface area contributed by atoms with Crippen molar-refractivity contribution in [2.45, 2.75) is 24.3 Å². The molecule has 2 aliphatic rings. The summed E-state index contributed by atoms with van der Waals surface area (Å²) in [6, 6.07) is 1.79. The number of allylic oxidation sites excluding steroid dienone is 1. The fourth-order valence-electron chi connectivity index (χ4n) is 3.90. The molecule has 6 nitrogen and oxygen atoms in total. The van der Waals surface area contributed by atoms with Gasteiger partial charge in [0, 0.05) is 18.7 Å². The number of aliphatic hydroxyl groups excluding tert-OH is 1. The molecule has 0 unspecified atom stereocenters. The van der Waals surface area contributed by atoms with E-state index in [4.69, 9.17) is 16.7 Å². The van der Waals surface area contributed by atoms with Gasteiger partial charge >= 0.3 is 0 Å². The highest BCUT2D eigenvalue weighted by Crippen LogP contribution is 2.36. The molecule has 1 aromatic carbocycles. The van der Waals surface area contributed by atoms with E-state index in [1.807, 2.05) is 11.0 Å². The zero-order valence-electron chi connectivity index (χ0n) is 16.0. The highest BCUT2D eigenvalue weighted by atomic mass is 35.5. The molecule has 30 heavy (non-hydrogen) atoms. The number of hydrogen-bond donors (Lipinski definition) is 1. The number of hydrogen-bond acceptors (Lipinski definition) is 6. The first kappa shape index (κ1) is 21.1. The number of aromatic nitrogens is 2. The molecule has 10 heteroatoms. The molecule has 3 heterocycles. The van der Waals surface area contributed by atoms with E-state index in [1.54, 1.807) is 6.08 Å². The van der Waals surface area contributed by atoms with Crippen LogP contribution in [0.25, 0.3) is 11.4 Å². The molecule has 0 bridgehead atoms. The largest absolute Gasteiger partial charge is 0.392 e. The van der Waals surface area contributed by atoms with Crippen LogP contribution in [0.3, 0.4) is 0 Å². The molecule has 0 saturated carbocycles. The van der Waals surface area contributed by atoms with E-state index in [-0.39, 0.29) is 34.5 Å². The van der Waals surface area contributed by atoms with Gasteiger partial charge in [0.25, 0.3) is 0 Å². The average molecular weight is 456 g/mol. The Hall–Kier alpha value is -2.10. The minimum Gasteiger partial charge on any atom is -0.392 e. The maximum Gasteiger partial charge on any atom is 0.164 e. The van der Waals surface area contributed by atoms with E-state index in [0.717, 1.165) is 25.0 Å². The summed E-state index contributed by atoms with van der Waals surface area (Å²) in [7, 11) is -3.37. The maximum atomic E-state index is 14.5. The Balaban J connectivity index is 1.74. The fraction of sp³-hybridized carbons (Fsp3) is 0.400. The van der Waals surface area contributed by atoms with Crippen LogP contribution >= 0.6 is 11.6 Å². The predicted octanol–water partition coefficient (Wildman–Crippen LogP) is 3.27. The van der Waals surface area contributed by atoms with E-state index in [9.17, 15) is 17.2 Å².